The molecule has 2 aromatic rings. The van der Waals surface area contributed by atoms with Gasteiger partial charge in [0, 0.05) is 19.6 Å². The van der Waals surface area contributed by atoms with Gasteiger partial charge in [-0.3, -0.25) is 9.59 Å². The van der Waals surface area contributed by atoms with Gasteiger partial charge in [-0.15, -0.1) is 0 Å². The van der Waals surface area contributed by atoms with E-state index in [9.17, 15) is 14.9 Å². The molecule has 1 saturated carbocycles. The number of carbonyl (C=O) groups is 1. The van der Waals surface area contributed by atoms with Crippen molar-refractivity contribution in [1.82, 2.24) is 15.3 Å². The number of nitrogens with one attached hydrogen (secondary N) is 2. The number of aromatic nitrogens is 2. The zero-order valence-corrected chi connectivity index (χ0v) is 14.8. The number of H-pyrrole nitrogens is 1. The number of rotatable bonds is 3. The van der Waals surface area contributed by atoms with Crippen LogP contribution in [-0.2, 0) is 0 Å². The summed E-state index contributed by atoms with van der Waals surface area (Å²) in [6.45, 7) is 3.96. The van der Waals surface area contributed by atoms with Crippen LogP contribution in [0.2, 0.25) is 0 Å². The minimum Gasteiger partial charge on any atom is -0.368 e. The molecule has 134 valence electrons. The Balaban J connectivity index is 1.84. The minimum atomic E-state index is -0.408. The first-order chi connectivity index (χ1) is 12.6. The largest absolute Gasteiger partial charge is 0.368 e. The van der Waals surface area contributed by atoms with E-state index in [1.54, 1.807) is 12.1 Å². The monoisotopic (exact) mass is 351 g/mol. The maximum Gasteiger partial charge on any atom is 0.269 e. The molecule has 2 aliphatic rings. The van der Waals surface area contributed by atoms with Crippen molar-refractivity contribution in [2.24, 2.45) is 5.41 Å². The van der Waals surface area contributed by atoms with Crippen molar-refractivity contribution in [2.45, 2.75) is 32.6 Å². The Kier molecular flexibility index (Phi) is 3.91. The van der Waals surface area contributed by atoms with Gasteiger partial charge in [0.25, 0.3) is 11.5 Å². The number of amides is 1. The molecule has 1 amide bonds. The van der Waals surface area contributed by atoms with Crippen molar-refractivity contribution in [3.8, 4) is 6.07 Å². The first-order valence-electron chi connectivity index (χ1n) is 9.07. The molecule has 7 heteroatoms. The molecule has 1 aliphatic carbocycles. The van der Waals surface area contributed by atoms with Crippen molar-refractivity contribution in [3.05, 3.63) is 33.7 Å². The van der Waals surface area contributed by atoms with Crippen molar-refractivity contribution in [3.63, 3.8) is 0 Å². The Morgan fingerprint density at radius 2 is 2.08 bits per heavy atom. The van der Waals surface area contributed by atoms with Crippen molar-refractivity contribution >= 4 is 22.6 Å². The Bertz CT molecular complexity index is 974. The first kappa shape index (κ1) is 16.6. The predicted molar refractivity (Wildman–Crippen MR) is 98.2 cm³/mol. The topological polar surface area (TPSA) is 102 Å². The molecule has 0 atom stereocenters. The number of fused-ring (bicyclic) bond motifs is 1. The lowest BCUT2D eigenvalue weighted by atomic mass is 9.93. The third kappa shape index (κ3) is 2.71. The predicted octanol–water partition coefficient (Wildman–Crippen LogP) is 1.92. The minimum absolute atomic E-state index is 0.0739. The second kappa shape index (κ2) is 6.13. The van der Waals surface area contributed by atoms with Crippen molar-refractivity contribution in [2.75, 3.05) is 24.5 Å². The van der Waals surface area contributed by atoms with E-state index in [1.807, 2.05) is 13.0 Å². The number of anilines is 1. The highest BCUT2D eigenvalue weighted by atomic mass is 16.2. The number of pyridine rings is 2. The molecule has 0 aromatic carbocycles. The Hall–Kier alpha value is -2.88. The van der Waals surface area contributed by atoms with Gasteiger partial charge in [-0.05, 0) is 50.2 Å². The van der Waals surface area contributed by atoms with E-state index < -0.39 is 5.56 Å². The second-order valence-electron chi connectivity index (χ2n) is 7.23. The zero-order chi connectivity index (χ0) is 18.3. The highest BCUT2D eigenvalue weighted by Gasteiger charge is 2.45. The third-order valence-electron chi connectivity index (χ3n) is 5.61. The summed E-state index contributed by atoms with van der Waals surface area (Å²) in [5, 5.41) is 12.3. The maximum atomic E-state index is 12.4. The molecule has 26 heavy (non-hydrogen) atoms. The summed E-state index contributed by atoms with van der Waals surface area (Å²) in [7, 11) is 0. The summed E-state index contributed by atoms with van der Waals surface area (Å²) in [6.07, 6.45) is 4.70. The lowest BCUT2D eigenvalue weighted by Gasteiger charge is -2.34. The van der Waals surface area contributed by atoms with Gasteiger partial charge in [0.15, 0.2) is 0 Å². The van der Waals surface area contributed by atoms with E-state index in [0.29, 0.717) is 28.7 Å². The van der Waals surface area contributed by atoms with E-state index in [4.69, 9.17) is 0 Å². The molecule has 4 rings (SSSR count). The average Bonchev–Trinajstić information content (AvgIpc) is 3.40. The number of piperidine rings is 1. The molecular formula is C19H21N5O2. The van der Waals surface area contributed by atoms with Crippen LogP contribution in [0.25, 0.3) is 11.0 Å². The summed E-state index contributed by atoms with van der Waals surface area (Å²) in [4.78, 5) is 33.8. The second-order valence-corrected chi connectivity index (χ2v) is 7.23. The van der Waals surface area contributed by atoms with Crippen LogP contribution in [0, 0.1) is 16.7 Å². The Morgan fingerprint density at radius 1 is 1.35 bits per heavy atom. The smallest absolute Gasteiger partial charge is 0.269 e. The van der Waals surface area contributed by atoms with Crippen LogP contribution in [-0.4, -0.2) is 35.5 Å². The van der Waals surface area contributed by atoms with Gasteiger partial charge < -0.3 is 15.2 Å². The summed E-state index contributed by atoms with van der Waals surface area (Å²) >= 11 is 0. The van der Waals surface area contributed by atoms with Crippen LogP contribution < -0.4 is 15.8 Å². The number of hydrogen-bond acceptors (Lipinski definition) is 5. The molecule has 7 nitrogen and oxygen atoms in total. The summed E-state index contributed by atoms with van der Waals surface area (Å²) in [5.41, 5.74) is 2.06. The fraction of sp³-hybridized carbons (Fsp3) is 0.474. The van der Waals surface area contributed by atoms with Crippen LogP contribution in [0.1, 0.15) is 48.7 Å². The van der Waals surface area contributed by atoms with E-state index in [2.05, 4.69) is 20.2 Å². The number of aromatic amines is 1. The van der Waals surface area contributed by atoms with Crippen molar-refractivity contribution in [1.29, 1.82) is 5.26 Å². The van der Waals surface area contributed by atoms with Crippen LogP contribution in [0.5, 0.6) is 0 Å². The summed E-state index contributed by atoms with van der Waals surface area (Å²) < 4.78 is 0. The van der Waals surface area contributed by atoms with Gasteiger partial charge in [0.2, 0.25) is 0 Å². The van der Waals surface area contributed by atoms with Crippen molar-refractivity contribution < 1.29 is 4.79 Å². The molecule has 3 heterocycles. The third-order valence-corrected chi connectivity index (χ3v) is 5.61. The highest BCUT2D eigenvalue weighted by molar-refractivity contribution is 5.97. The lowest BCUT2D eigenvalue weighted by Crippen LogP contribution is -2.36. The average molecular weight is 351 g/mol. The Labute approximate surface area is 151 Å². The van der Waals surface area contributed by atoms with Crippen LogP contribution in [0.3, 0.4) is 0 Å². The molecule has 1 spiro atoms. The molecule has 2 aromatic heterocycles. The zero-order valence-electron chi connectivity index (χ0n) is 14.8. The Morgan fingerprint density at radius 3 is 2.69 bits per heavy atom. The van der Waals surface area contributed by atoms with Crippen LogP contribution in [0.15, 0.2) is 16.9 Å². The number of hydrogen-bond donors (Lipinski definition) is 2. The SMILES string of the molecule is CCNC(=O)c1ccc2[nH]c(=O)c(C#N)c(N3CCC4(CC3)CC4)c2n1. The molecule has 1 aliphatic heterocycles. The number of carbonyl (C=O) groups excluding carboxylic acids is 1. The van der Waals surface area contributed by atoms with E-state index >= 15 is 0 Å². The molecule has 2 fully saturated rings. The lowest BCUT2D eigenvalue weighted by molar-refractivity contribution is 0.0951. The van der Waals surface area contributed by atoms with Crippen LogP contribution in [0.4, 0.5) is 5.69 Å². The van der Waals surface area contributed by atoms with Gasteiger partial charge in [0.1, 0.15) is 22.8 Å². The normalized spacial score (nSPS) is 17.9. The highest BCUT2D eigenvalue weighted by Crippen LogP contribution is 2.54. The summed E-state index contributed by atoms with van der Waals surface area (Å²) in [5.74, 6) is -0.263. The fourth-order valence-corrected chi connectivity index (χ4v) is 3.82. The van der Waals surface area contributed by atoms with Gasteiger partial charge in [-0.25, -0.2) is 4.98 Å². The van der Waals surface area contributed by atoms with Crippen LogP contribution >= 0.6 is 0 Å². The first-order valence-corrected chi connectivity index (χ1v) is 9.07. The molecule has 1 saturated heterocycles. The summed E-state index contributed by atoms with van der Waals surface area (Å²) in [6, 6.07) is 5.32. The molecule has 2 N–H and O–H groups in total. The van der Waals surface area contributed by atoms with Gasteiger partial charge in [0.05, 0.1) is 11.2 Å². The van der Waals surface area contributed by atoms with Gasteiger partial charge in [-0.2, -0.15) is 5.26 Å². The molecular weight excluding hydrogens is 330 g/mol. The molecule has 0 radical (unpaired) electrons. The fourth-order valence-electron chi connectivity index (χ4n) is 3.82. The molecule has 0 bridgehead atoms. The van der Waals surface area contributed by atoms with E-state index in [1.165, 1.54) is 12.8 Å². The standard InChI is InChI=1S/C19H21N5O2/c1-2-21-18(26)14-4-3-13-15(22-14)16(12(11-20)17(25)23-13)24-9-7-19(5-6-19)8-10-24/h3-4H,2,5-10H2,1H3,(H,21,26)(H,23,25). The van der Waals surface area contributed by atoms with E-state index in [0.717, 1.165) is 25.9 Å². The number of nitriles is 1. The van der Waals surface area contributed by atoms with E-state index in [-0.39, 0.29) is 17.2 Å². The van der Waals surface area contributed by atoms with Gasteiger partial charge in [-0.1, -0.05) is 0 Å². The maximum absolute atomic E-state index is 12.4. The quantitative estimate of drug-likeness (QED) is 0.880. The number of nitrogens with zero attached hydrogens (tertiary/aromatic N) is 3. The molecule has 0 unspecified atom stereocenters. The van der Waals surface area contributed by atoms with Gasteiger partial charge >= 0.3 is 0 Å².